The van der Waals surface area contributed by atoms with Crippen LogP contribution in [-0.2, 0) is 6.42 Å². The molecule has 2 heteroatoms. The van der Waals surface area contributed by atoms with Gasteiger partial charge < -0.3 is 5.73 Å². The molecule has 0 aliphatic heterocycles. The van der Waals surface area contributed by atoms with Gasteiger partial charge in [-0.05, 0) is 31.0 Å². The highest BCUT2D eigenvalue weighted by Crippen LogP contribution is 2.04. The molecule has 0 heterocycles. The van der Waals surface area contributed by atoms with Crippen LogP contribution >= 0.6 is 0 Å². The molecule has 1 nitrogen and oxygen atoms in total. The van der Waals surface area contributed by atoms with Gasteiger partial charge in [-0.3, -0.25) is 0 Å². The van der Waals surface area contributed by atoms with Gasteiger partial charge in [0.05, 0.1) is 0 Å². The van der Waals surface area contributed by atoms with E-state index in [4.69, 9.17) is 5.73 Å². The SMILES string of the molecule is C[C@@H](N)Cc1ccc(F)cc1. The van der Waals surface area contributed by atoms with E-state index in [2.05, 4.69) is 0 Å². The molecule has 0 amide bonds. The van der Waals surface area contributed by atoms with Gasteiger partial charge >= 0.3 is 0 Å². The van der Waals surface area contributed by atoms with E-state index in [1.54, 1.807) is 12.1 Å². The van der Waals surface area contributed by atoms with Crippen LogP contribution in [0.1, 0.15) is 12.5 Å². The summed E-state index contributed by atoms with van der Waals surface area (Å²) in [5, 5.41) is 0. The van der Waals surface area contributed by atoms with Crippen molar-refractivity contribution in [3.8, 4) is 0 Å². The van der Waals surface area contributed by atoms with Crippen molar-refractivity contribution in [2.75, 3.05) is 0 Å². The zero-order valence-corrected chi connectivity index (χ0v) is 6.55. The molecule has 11 heavy (non-hydrogen) atoms. The molecule has 1 rings (SSSR count). The Balaban J connectivity index is 2.66. The molecule has 1 atom stereocenters. The summed E-state index contributed by atoms with van der Waals surface area (Å²) in [5.41, 5.74) is 6.65. The topological polar surface area (TPSA) is 26.0 Å². The predicted molar refractivity (Wildman–Crippen MR) is 43.8 cm³/mol. The van der Waals surface area contributed by atoms with Crippen molar-refractivity contribution < 1.29 is 4.39 Å². The Morgan fingerprint density at radius 2 is 1.91 bits per heavy atom. The van der Waals surface area contributed by atoms with Gasteiger partial charge in [-0.1, -0.05) is 12.1 Å². The van der Waals surface area contributed by atoms with E-state index >= 15 is 0 Å². The summed E-state index contributed by atoms with van der Waals surface area (Å²) in [6, 6.07) is 6.58. The molecule has 0 aliphatic rings. The lowest BCUT2D eigenvalue weighted by Gasteiger charge is -2.03. The molecule has 0 saturated carbocycles. The van der Waals surface area contributed by atoms with Crippen LogP contribution in [0, 0.1) is 5.82 Å². The molecule has 1 aromatic rings. The van der Waals surface area contributed by atoms with Gasteiger partial charge in [0.25, 0.3) is 0 Å². The molecule has 0 saturated heterocycles. The van der Waals surface area contributed by atoms with Crippen LogP contribution in [0.15, 0.2) is 24.3 Å². The summed E-state index contributed by atoms with van der Waals surface area (Å²) in [5.74, 6) is -0.196. The minimum absolute atomic E-state index is 0.139. The van der Waals surface area contributed by atoms with Crippen LogP contribution in [0.5, 0.6) is 0 Å². The largest absolute Gasteiger partial charge is 0.328 e. The Bertz CT molecular complexity index is 216. The third-order valence-corrected chi connectivity index (χ3v) is 1.47. The second-order valence-corrected chi connectivity index (χ2v) is 2.81. The highest BCUT2D eigenvalue weighted by Gasteiger charge is 1.96. The van der Waals surface area contributed by atoms with Crippen LogP contribution in [0.25, 0.3) is 0 Å². The molecule has 0 spiro atoms. The highest BCUT2D eigenvalue weighted by molar-refractivity contribution is 5.16. The van der Waals surface area contributed by atoms with E-state index in [9.17, 15) is 4.39 Å². The summed E-state index contributed by atoms with van der Waals surface area (Å²) < 4.78 is 12.4. The maximum Gasteiger partial charge on any atom is 0.123 e. The van der Waals surface area contributed by atoms with Crippen LogP contribution < -0.4 is 5.73 Å². The van der Waals surface area contributed by atoms with Gasteiger partial charge in [-0.25, -0.2) is 4.39 Å². The number of hydrogen-bond donors (Lipinski definition) is 1. The average Bonchev–Trinajstić information content (AvgIpc) is 1.93. The molecule has 60 valence electrons. The maximum atomic E-state index is 12.4. The molecule has 0 radical (unpaired) electrons. The van der Waals surface area contributed by atoms with Crippen molar-refractivity contribution in [2.45, 2.75) is 19.4 Å². The molecule has 0 bridgehead atoms. The molecule has 0 fully saturated rings. The van der Waals surface area contributed by atoms with E-state index in [0.717, 1.165) is 12.0 Å². The van der Waals surface area contributed by atoms with Crippen molar-refractivity contribution in [2.24, 2.45) is 5.73 Å². The second-order valence-electron chi connectivity index (χ2n) is 2.81. The predicted octanol–water partition coefficient (Wildman–Crippen LogP) is 1.72. The van der Waals surface area contributed by atoms with Crippen LogP contribution in [0.3, 0.4) is 0 Å². The van der Waals surface area contributed by atoms with Crippen LogP contribution in [0.4, 0.5) is 4.39 Å². The lowest BCUT2D eigenvalue weighted by atomic mass is 10.1. The molecule has 0 aromatic heterocycles. The third kappa shape index (κ3) is 2.68. The van der Waals surface area contributed by atoms with Gasteiger partial charge in [-0.2, -0.15) is 0 Å². The monoisotopic (exact) mass is 153 g/mol. The Kier molecular flexibility index (Phi) is 2.60. The molecule has 1 aromatic carbocycles. The Morgan fingerprint density at radius 1 is 1.36 bits per heavy atom. The van der Waals surface area contributed by atoms with E-state index in [0.29, 0.717) is 0 Å². The smallest absolute Gasteiger partial charge is 0.123 e. The summed E-state index contributed by atoms with van der Waals surface area (Å²) in [6.45, 7) is 1.93. The fourth-order valence-electron chi connectivity index (χ4n) is 0.992. The highest BCUT2D eigenvalue weighted by atomic mass is 19.1. The van der Waals surface area contributed by atoms with Crippen LogP contribution in [0.2, 0.25) is 0 Å². The first-order chi connectivity index (χ1) is 5.18. The normalized spacial score (nSPS) is 13.0. The number of rotatable bonds is 2. The zero-order valence-electron chi connectivity index (χ0n) is 6.55. The molecular formula is C9H12FN. The maximum absolute atomic E-state index is 12.4. The molecule has 2 N–H and O–H groups in total. The first-order valence-electron chi connectivity index (χ1n) is 3.68. The van der Waals surface area contributed by atoms with E-state index in [1.165, 1.54) is 12.1 Å². The quantitative estimate of drug-likeness (QED) is 0.687. The molecular weight excluding hydrogens is 141 g/mol. The van der Waals surface area contributed by atoms with E-state index in [1.807, 2.05) is 6.92 Å². The van der Waals surface area contributed by atoms with Crippen molar-refractivity contribution in [3.05, 3.63) is 35.6 Å². The van der Waals surface area contributed by atoms with Crippen molar-refractivity contribution in [3.63, 3.8) is 0 Å². The Labute approximate surface area is 66.0 Å². The van der Waals surface area contributed by atoms with Gasteiger partial charge in [-0.15, -0.1) is 0 Å². The first-order valence-corrected chi connectivity index (χ1v) is 3.68. The summed E-state index contributed by atoms with van der Waals surface area (Å²) >= 11 is 0. The van der Waals surface area contributed by atoms with Crippen molar-refractivity contribution in [1.29, 1.82) is 0 Å². The van der Waals surface area contributed by atoms with Crippen LogP contribution in [-0.4, -0.2) is 6.04 Å². The molecule has 0 aliphatic carbocycles. The van der Waals surface area contributed by atoms with E-state index in [-0.39, 0.29) is 11.9 Å². The summed E-state index contributed by atoms with van der Waals surface area (Å²) in [7, 11) is 0. The average molecular weight is 153 g/mol. The third-order valence-electron chi connectivity index (χ3n) is 1.47. The standard InChI is InChI=1S/C9H12FN/c1-7(11)6-8-2-4-9(10)5-3-8/h2-5,7H,6,11H2,1H3/t7-/m1/s1. The fourth-order valence-corrected chi connectivity index (χ4v) is 0.992. The lowest BCUT2D eigenvalue weighted by Crippen LogP contribution is -2.17. The summed E-state index contributed by atoms with van der Waals surface area (Å²) in [6.07, 6.45) is 0.806. The second kappa shape index (κ2) is 3.49. The van der Waals surface area contributed by atoms with Crippen molar-refractivity contribution >= 4 is 0 Å². The number of benzene rings is 1. The van der Waals surface area contributed by atoms with Gasteiger partial charge in [0.2, 0.25) is 0 Å². The van der Waals surface area contributed by atoms with E-state index < -0.39 is 0 Å². The minimum atomic E-state index is -0.196. The zero-order chi connectivity index (χ0) is 8.27. The number of halogens is 1. The van der Waals surface area contributed by atoms with Gasteiger partial charge in [0.1, 0.15) is 5.82 Å². The Hall–Kier alpha value is -0.890. The first kappa shape index (κ1) is 8.21. The molecule has 0 unspecified atom stereocenters. The van der Waals surface area contributed by atoms with Gasteiger partial charge in [0, 0.05) is 6.04 Å². The Morgan fingerprint density at radius 3 is 2.36 bits per heavy atom. The minimum Gasteiger partial charge on any atom is -0.328 e. The number of nitrogens with two attached hydrogens (primary N) is 1. The number of hydrogen-bond acceptors (Lipinski definition) is 1. The summed E-state index contributed by atoms with van der Waals surface area (Å²) in [4.78, 5) is 0. The van der Waals surface area contributed by atoms with Gasteiger partial charge in [0.15, 0.2) is 0 Å². The lowest BCUT2D eigenvalue weighted by molar-refractivity contribution is 0.626. The fraction of sp³-hybridized carbons (Fsp3) is 0.333. The van der Waals surface area contributed by atoms with Crippen molar-refractivity contribution in [1.82, 2.24) is 0 Å².